The first-order chi connectivity index (χ1) is 12.2. The number of aromatic nitrogens is 1. The highest BCUT2D eigenvalue weighted by atomic mass is 32.1. The average molecular weight is 385 g/mol. The van der Waals surface area contributed by atoms with E-state index in [0.717, 1.165) is 15.2 Å². The summed E-state index contributed by atoms with van der Waals surface area (Å²) < 4.78 is 40.4. The van der Waals surface area contributed by atoms with E-state index in [1.54, 1.807) is 30.1 Å². The molecule has 0 radical (unpaired) electrons. The summed E-state index contributed by atoms with van der Waals surface area (Å²) in [5.74, 6) is -1.65. The molecule has 0 aliphatic carbocycles. The first-order valence-corrected chi connectivity index (χ1v) is 9.42. The average Bonchev–Trinajstić information content (AvgIpc) is 3.07. The van der Waals surface area contributed by atoms with Gasteiger partial charge in [0.05, 0.1) is 27.7 Å². The van der Waals surface area contributed by atoms with Crippen LogP contribution >= 0.6 is 11.3 Å². The number of hydrogen-bond acceptors (Lipinski definition) is 4. The van der Waals surface area contributed by atoms with Gasteiger partial charge in [-0.15, -0.1) is 11.3 Å². The molecule has 1 aliphatic heterocycles. The van der Waals surface area contributed by atoms with E-state index in [1.165, 1.54) is 0 Å². The van der Waals surface area contributed by atoms with E-state index in [0.29, 0.717) is 13.0 Å². The monoisotopic (exact) mass is 385 g/mol. The van der Waals surface area contributed by atoms with Crippen molar-refractivity contribution >= 4 is 27.5 Å². The number of amides is 1. The van der Waals surface area contributed by atoms with Crippen LogP contribution in [0.5, 0.6) is 0 Å². The third kappa shape index (κ3) is 4.01. The van der Waals surface area contributed by atoms with Crippen molar-refractivity contribution in [2.24, 2.45) is 5.92 Å². The zero-order chi connectivity index (χ0) is 18.9. The van der Waals surface area contributed by atoms with Gasteiger partial charge in [-0.3, -0.25) is 9.69 Å². The summed E-state index contributed by atoms with van der Waals surface area (Å²) in [4.78, 5) is 18.3. The van der Waals surface area contributed by atoms with Crippen molar-refractivity contribution in [1.29, 1.82) is 0 Å². The summed E-state index contributed by atoms with van der Waals surface area (Å²) in [5, 5.41) is 3.73. The number of rotatable bonds is 5. The Morgan fingerprint density at radius 1 is 1.38 bits per heavy atom. The Hall–Kier alpha value is -1.67. The summed E-state index contributed by atoms with van der Waals surface area (Å²) in [6.07, 6.45) is -3.59. The Bertz CT molecular complexity index is 754. The number of fused-ring (bicyclic) bond motifs is 1. The van der Waals surface area contributed by atoms with Crippen molar-refractivity contribution in [2.75, 3.05) is 19.6 Å². The molecule has 26 heavy (non-hydrogen) atoms. The Kier molecular flexibility index (Phi) is 5.25. The van der Waals surface area contributed by atoms with Crippen molar-refractivity contribution in [3.8, 4) is 0 Å². The lowest BCUT2D eigenvalue weighted by atomic mass is 9.88. The molecule has 1 aromatic carbocycles. The van der Waals surface area contributed by atoms with Gasteiger partial charge >= 0.3 is 6.18 Å². The van der Waals surface area contributed by atoms with Gasteiger partial charge in [0.2, 0.25) is 5.91 Å². The minimum Gasteiger partial charge on any atom is -0.355 e. The smallest absolute Gasteiger partial charge is 0.355 e. The lowest BCUT2D eigenvalue weighted by Crippen LogP contribution is -2.50. The number of hydrogen-bond donors (Lipinski definition) is 1. The molecule has 1 aromatic heterocycles. The van der Waals surface area contributed by atoms with E-state index < -0.39 is 17.6 Å². The molecule has 1 N–H and O–H groups in total. The Morgan fingerprint density at radius 2 is 2.12 bits per heavy atom. The highest BCUT2D eigenvalue weighted by molar-refractivity contribution is 7.18. The van der Waals surface area contributed by atoms with Gasteiger partial charge in [0.1, 0.15) is 0 Å². The number of para-hydroxylation sites is 1. The second kappa shape index (κ2) is 7.15. The molecule has 2 heterocycles. The standard InChI is InChI=1S/C18H22F3N3OS/c1-17(2)14(18(19,20)21)8-10-24(17)11-15(25)22-9-7-16-23-12-5-3-4-6-13(12)26-16/h3-6,14H,7-11H2,1-2H3,(H,22,25). The molecular weight excluding hydrogens is 363 g/mol. The largest absolute Gasteiger partial charge is 0.393 e. The maximum absolute atomic E-state index is 13.1. The lowest BCUT2D eigenvalue weighted by Gasteiger charge is -2.36. The highest BCUT2D eigenvalue weighted by Crippen LogP contribution is 2.44. The van der Waals surface area contributed by atoms with Crippen molar-refractivity contribution in [3.63, 3.8) is 0 Å². The van der Waals surface area contributed by atoms with Gasteiger partial charge < -0.3 is 5.32 Å². The minimum absolute atomic E-state index is 0.0145. The fourth-order valence-electron chi connectivity index (χ4n) is 3.56. The predicted octanol–water partition coefficient (Wildman–Crippen LogP) is 3.62. The van der Waals surface area contributed by atoms with Crippen LogP contribution < -0.4 is 5.32 Å². The maximum Gasteiger partial charge on any atom is 0.393 e. The SMILES string of the molecule is CC1(C)C(C(F)(F)F)CCN1CC(=O)NCCc1nc2ccccc2s1. The van der Waals surface area contributed by atoms with E-state index in [2.05, 4.69) is 10.3 Å². The van der Waals surface area contributed by atoms with Crippen LogP contribution in [0.3, 0.4) is 0 Å². The lowest BCUT2D eigenvalue weighted by molar-refractivity contribution is -0.191. The van der Waals surface area contributed by atoms with E-state index >= 15 is 0 Å². The van der Waals surface area contributed by atoms with Crippen LogP contribution in [0, 0.1) is 5.92 Å². The van der Waals surface area contributed by atoms with Crippen molar-refractivity contribution in [2.45, 2.75) is 38.4 Å². The summed E-state index contributed by atoms with van der Waals surface area (Å²) in [6.45, 7) is 3.82. The first-order valence-electron chi connectivity index (χ1n) is 8.61. The molecule has 4 nitrogen and oxygen atoms in total. The van der Waals surface area contributed by atoms with Crippen LogP contribution in [0.1, 0.15) is 25.3 Å². The van der Waals surface area contributed by atoms with Gasteiger partial charge in [0.15, 0.2) is 0 Å². The Labute approximate surface area is 154 Å². The number of nitrogens with one attached hydrogen (secondary N) is 1. The number of nitrogens with zero attached hydrogens (tertiary/aromatic N) is 2. The van der Waals surface area contributed by atoms with Crippen molar-refractivity contribution in [1.82, 2.24) is 15.2 Å². The number of carbonyl (C=O) groups excluding carboxylic acids is 1. The van der Waals surface area contributed by atoms with Crippen LogP contribution in [-0.4, -0.2) is 47.1 Å². The van der Waals surface area contributed by atoms with Gasteiger partial charge in [-0.05, 0) is 38.9 Å². The quantitative estimate of drug-likeness (QED) is 0.855. The molecule has 1 fully saturated rings. The molecule has 3 rings (SSSR count). The minimum atomic E-state index is -4.23. The van der Waals surface area contributed by atoms with E-state index in [1.807, 2.05) is 24.3 Å². The molecule has 1 unspecified atom stereocenters. The Balaban J connectivity index is 1.50. The predicted molar refractivity (Wildman–Crippen MR) is 96.1 cm³/mol. The zero-order valence-electron chi connectivity index (χ0n) is 14.8. The molecule has 0 saturated carbocycles. The zero-order valence-corrected chi connectivity index (χ0v) is 15.6. The number of halogens is 3. The number of thiazole rings is 1. The second-order valence-electron chi connectivity index (χ2n) is 7.13. The number of likely N-dealkylation sites (tertiary alicyclic amines) is 1. The molecule has 1 saturated heterocycles. The highest BCUT2D eigenvalue weighted by Gasteiger charge is 2.54. The summed E-state index contributed by atoms with van der Waals surface area (Å²) in [7, 11) is 0. The van der Waals surface area contributed by atoms with Crippen LogP contribution in [0.15, 0.2) is 24.3 Å². The second-order valence-corrected chi connectivity index (χ2v) is 8.25. The van der Waals surface area contributed by atoms with Gasteiger partial charge in [-0.1, -0.05) is 12.1 Å². The van der Waals surface area contributed by atoms with Crippen LogP contribution in [0.2, 0.25) is 0 Å². The molecule has 1 amide bonds. The third-order valence-electron chi connectivity index (χ3n) is 5.08. The molecule has 0 spiro atoms. The molecule has 2 aromatic rings. The molecule has 0 bridgehead atoms. The molecule has 1 aliphatic rings. The fraction of sp³-hybridized carbons (Fsp3) is 0.556. The van der Waals surface area contributed by atoms with Crippen LogP contribution in [0.25, 0.3) is 10.2 Å². The van der Waals surface area contributed by atoms with Crippen LogP contribution in [0.4, 0.5) is 13.2 Å². The van der Waals surface area contributed by atoms with Crippen molar-refractivity contribution < 1.29 is 18.0 Å². The third-order valence-corrected chi connectivity index (χ3v) is 6.18. The molecule has 142 valence electrons. The van der Waals surface area contributed by atoms with E-state index in [4.69, 9.17) is 0 Å². The maximum atomic E-state index is 13.1. The van der Waals surface area contributed by atoms with Crippen molar-refractivity contribution in [3.05, 3.63) is 29.3 Å². The van der Waals surface area contributed by atoms with Gasteiger partial charge in [0, 0.05) is 18.5 Å². The summed E-state index contributed by atoms with van der Waals surface area (Å²) in [5.41, 5.74) is -0.126. The molecular formula is C18H22F3N3OS. The van der Waals surface area contributed by atoms with Crippen LogP contribution in [-0.2, 0) is 11.2 Å². The van der Waals surface area contributed by atoms with Gasteiger partial charge in [0.25, 0.3) is 0 Å². The summed E-state index contributed by atoms with van der Waals surface area (Å²) in [6, 6.07) is 7.83. The summed E-state index contributed by atoms with van der Waals surface area (Å²) >= 11 is 1.59. The van der Waals surface area contributed by atoms with Gasteiger partial charge in [-0.2, -0.15) is 13.2 Å². The normalized spacial score (nSPS) is 20.6. The number of benzene rings is 1. The van der Waals surface area contributed by atoms with Gasteiger partial charge in [-0.25, -0.2) is 4.98 Å². The topological polar surface area (TPSA) is 45.2 Å². The first kappa shape index (κ1) is 19.1. The molecule has 1 atom stereocenters. The fourth-order valence-corrected chi connectivity index (χ4v) is 4.53. The van der Waals surface area contributed by atoms with E-state index in [9.17, 15) is 18.0 Å². The van der Waals surface area contributed by atoms with E-state index in [-0.39, 0.29) is 25.4 Å². The number of alkyl halides is 3. The molecule has 8 heteroatoms. The Morgan fingerprint density at radius 3 is 2.77 bits per heavy atom. The number of carbonyl (C=O) groups is 1.